The van der Waals surface area contributed by atoms with Crippen LogP contribution in [0.3, 0.4) is 0 Å². The van der Waals surface area contributed by atoms with Crippen molar-refractivity contribution in [3.63, 3.8) is 0 Å². The van der Waals surface area contributed by atoms with Crippen LogP contribution in [0.5, 0.6) is 0 Å². The number of amides is 1. The Bertz CT molecular complexity index is 357. The van der Waals surface area contributed by atoms with E-state index in [4.69, 9.17) is 9.84 Å². The molecule has 2 aliphatic rings. The number of carboxylic acids is 1. The van der Waals surface area contributed by atoms with Gasteiger partial charge in [-0.2, -0.15) is 13.2 Å². The molecule has 2 fully saturated rings. The number of carbonyl (C=O) groups is 2. The summed E-state index contributed by atoms with van der Waals surface area (Å²) < 4.78 is 41.9. The number of hydrogen-bond donors (Lipinski definition) is 1. The molecule has 2 rings (SSSR count). The Morgan fingerprint density at radius 3 is 2.47 bits per heavy atom. The van der Waals surface area contributed by atoms with E-state index in [2.05, 4.69) is 0 Å². The highest BCUT2D eigenvalue weighted by atomic mass is 19.4. The van der Waals surface area contributed by atoms with Gasteiger partial charge in [0.15, 0.2) is 0 Å². The van der Waals surface area contributed by atoms with E-state index in [-0.39, 0.29) is 19.5 Å². The smallest absolute Gasteiger partial charge is 0.471 e. The summed E-state index contributed by atoms with van der Waals surface area (Å²) in [6.45, 7) is -0.509. The minimum absolute atomic E-state index is 0.154. The molecule has 0 spiro atoms. The molecule has 0 saturated carbocycles. The summed E-state index contributed by atoms with van der Waals surface area (Å²) in [6.07, 6.45) is -6.21. The lowest BCUT2D eigenvalue weighted by Crippen LogP contribution is -2.51. The van der Waals surface area contributed by atoms with Crippen molar-refractivity contribution in [1.82, 2.24) is 4.90 Å². The second-order valence-electron chi connectivity index (χ2n) is 4.18. The molecule has 0 aromatic carbocycles. The Hall–Kier alpha value is -1.31. The summed E-state index contributed by atoms with van der Waals surface area (Å²) in [5, 5.41) is 8.84. The maximum atomic E-state index is 12.2. The summed E-state index contributed by atoms with van der Waals surface area (Å²) in [6, 6.07) is 0. The van der Waals surface area contributed by atoms with E-state index in [0.717, 1.165) is 0 Å². The summed E-state index contributed by atoms with van der Waals surface area (Å²) in [7, 11) is 0. The van der Waals surface area contributed by atoms with Gasteiger partial charge in [-0.05, 0) is 6.42 Å². The van der Waals surface area contributed by atoms with Crippen LogP contribution in [0.1, 0.15) is 6.42 Å². The van der Waals surface area contributed by atoms with Gasteiger partial charge in [0.25, 0.3) is 0 Å². The maximum Gasteiger partial charge on any atom is 0.471 e. The number of aliphatic carboxylic acids is 1. The van der Waals surface area contributed by atoms with Crippen LogP contribution in [0.15, 0.2) is 0 Å². The third kappa shape index (κ3) is 2.21. The fraction of sp³-hybridized carbons (Fsp3) is 0.778. The lowest BCUT2D eigenvalue weighted by molar-refractivity contribution is -0.192. The van der Waals surface area contributed by atoms with Crippen LogP contribution in [0, 0.1) is 5.92 Å². The van der Waals surface area contributed by atoms with Crippen LogP contribution >= 0.6 is 0 Å². The summed E-state index contributed by atoms with van der Waals surface area (Å²) in [5.41, 5.74) is 0. The van der Waals surface area contributed by atoms with Gasteiger partial charge in [0, 0.05) is 13.1 Å². The average molecular weight is 253 g/mol. The van der Waals surface area contributed by atoms with E-state index < -0.39 is 36.2 Å². The molecule has 8 heteroatoms. The predicted octanol–water partition coefficient (Wildman–Crippen LogP) is 0.249. The molecule has 0 aromatic heterocycles. The van der Waals surface area contributed by atoms with E-state index in [1.807, 2.05) is 0 Å². The zero-order valence-corrected chi connectivity index (χ0v) is 8.61. The van der Waals surface area contributed by atoms with Crippen molar-refractivity contribution in [1.29, 1.82) is 0 Å². The first-order valence-electron chi connectivity index (χ1n) is 5.03. The van der Waals surface area contributed by atoms with Crippen LogP contribution in [0.25, 0.3) is 0 Å². The number of fused-ring (bicyclic) bond motifs is 2. The Morgan fingerprint density at radius 1 is 1.29 bits per heavy atom. The van der Waals surface area contributed by atoms with Crippen molar-refractivity contribution in [3.8, 4) is 0 Å². The molecule has 0 aromatic rings. The van der Waals surface area contributed by atoms with Crippen molar-refractivity contribution in [2.24, 2.45) is 5.92 Å². The summed E-state index contributed by atoms with van der Waals surface area (Å²) in [5.74, 6) is -3.85. The van der Waals surface area contributed by atoms with Crippen LogP contribution in [-0.4, -0.2) is 53.4 Å². The molecule has 2 bridgehead atoms. The largest absolute Gasteiger partial charge is 0.481 e. The second kappa shape index (κ2) is 3.86. The molecule has 3 atom stereocenters. The Labute approximate surface area is 94.1 Å². The summed E-state index contributed by atoms with van der Waals surface area (Å²) >= 11 is 0. The van der Waals surface area contributed by atoms with Gasteiger partial charge in [-0.15, -0.1) is 0 Å². The zero-order chi connectivity index (χ0) is 12.8. The molecule has 96 valence electrons. The lowest BCUT2D eigenvalue weighted by atomic mass is 10.0. The number of rotatable bonds is 1. The lowest BCUT2D eigenvalue weighted by Gasteiger charge is -2.32. The van der Waals surface area contributed by atoms with Crippen molar-refractivity contribution >= 4 is 11.9 Å². The van der Waals surface area contributed by atoms with Gasteiger partial charge in [0.05, 0.1) is 18.1 Å². The Morgan fingerprint density at radius 2 is 1.94 bits per heavy atom. The van der Waals surface area contributed by atoms with Gasteiger partial charge in [-0.25, -0.2) is 0 Å². The number of halogens is 3. The normalized spacial score (nSPS) is 32.6. The number of likely N-dealkylation sites (tertiary alicyclic amines) is 1. The number of hydrogen-bond acceptors (Lipinski definition) is 3. The molecule has 2 aliphatic heterocycles. The van der Waals surface area contributed by atoms with E-state index >= 15 is 0 Å². The number of carboxylic acid groups (broad SMARTS) is 1. The quantitative estimate of drug-likeness (QED) is 0.727. The van der Waals surface area contributed by atoms with Crippen molar-refractivity contribution in [2.45, 2.75) is 24.8 Å². The molecule has 17 heavy (non-hydrogen) atoms. The number of carbonyl (C=O) groups excluding carboxylic acids is 1. The first kappa shape index (κ1) is 12.2. The third-order valence-corrected chi connectivity index (χ3v) is 3.00. The van der Waals surface area contributed by atoms with E-state index in [9.17, 15) is 22.8 Å². The molecule has 3 unspecified atom stereocenters. The number of alkyl halides is 3. The molecule has 1 amide bonds. The maximum absolute atomic E-state index is 12.2. The minimum Gasteiger partial charge on any atom is -0.481 e. The summed E-state index contributed by atoms with van der Waals surface area (Å²) in [4.78, 5) is 22.5. The number of ether oxygens (including phenoxy) is 1. The highest BCUT2D eigenvalue weighted by Crippen LogP contribution is 2.33. The van der Waals surface area contributed by atoms with Crippen molar-refractivity contribution in [3.05, 3.63) is 0 Å². The van der Waals surface area contributed by atoms with E-state index in [1.54, 1.807) is 0 Å². The van der Waals surface area contributed by atoms with Crippen LogP contribution in [-0.2, 0) is 14.3 Å². The second-order valence-corrected chi connectivity index (χ2v) is 4.18. The van der Waals surface area contributed by atoms with Crippen molar-refractivity contribution in [2.75, 3.05) is 13.1 Å². The molecular formula is C9H10F3NO4. The highest BCUT2D eigenvalue weighted by Gasteiger charge is 2.50. The van der Waals surface area contributed by atoms with Crippen molar-refractivity contribution < 1.29 is 32.6 Å². The SMILES string of the molecule is O=C(O)C1CC2CN(C(=O)C(F)(F)F)CC1O2. The minimum atomic E-state index is -4.92. The monoisotopic (exact) mass is 253 g/mol. The highest BCUT2D eigenvalue weighted by molar-refractivity contribution is 5.82. The fourth-order valence-corrected chi connectivity index (χ4v) is 2.26. The predicted molar refractivity (Wildman–Crippen MR) is 47.0 cm³/mol. The van der Waals surface area contributed by atoms with Gasteiger partial charge < -0.3 is 14.7 Å². The molecule has 2 heterocycles. The van der Waals surface area contributed by atoms with E-state index in [1.165, 1.54) is 0 Å². The molecule has 2 saturated heterocycles. The zero-order valence-electron chi connectivity index (χ0n) is 8.61. The Balaban J connectivity index is 2.08. The topological polar surface area (TPSA) is 66.8 Å². The molecule has 5 nitrogen and oxygen atoms in total. The van der Waals surface area contributed by atoms with Gasteiger partial charge in [-0.1, -0.05) is 0 Å². The average Bonchev–Trinajstić information content (AvgIpc) is 2.51. The van der Waals surface area contributed by atoms with Gasteiger partial charge >= 0.3 is 18.1 Å². The van der Waals surface area contributed by atoms with Gasteiger partial charge in [-0.3, -0.25) is 9.59 Å². The molecule has 0 aliphatic carbocycles. The van der Waals surface area contributed by atoms with Gasteiger partial charge in [0.2, 0.25) is 0 Å². The first-order chi connectivity index (χ1) is 7.79. The van der Waals surface area contributed by atoms with Gasteiger partial charge in [0.1, 0.15) is 0 Å². The molecular weight excluding hydrogens is 243 g/mol. The van der Waals surface area contributed by atoms with Crippen LogP contribution in [0.4, 0.5) is 13.2 Å². The first-order valence-corrected chi connectivity index (χ1v) is 5.03. The number of morpholine rings is 1. The molecule has 1 N–H and O–H groups in total. The van der Waals surface area contributed by atoms with Crippen LogP contribution < -0.4 is 0 Å². The Kier molecular flexibility index (Phi) is 2.76. The molecule has 0 radical (unpaired) electrons. The standard InChI is InChI=1S/C9H10F3NO4/c10-9(11,12)8(16)13-2-4-1-5(7(14)15)6(3-13)17-4/h4-6H,1-3H2,(H,14,15). The fourth-order valence-electron chi connectivity index (χ4n) is 2.26. The van der Waals surface area contributed by atoms with Crippen LogP contribution in [0.2, 0.25) is 0 Å². The third-order valence-electron chi connectivity index (χ3n) is 3.00. The van der Waals surface area contributed by atoms with E-state index in [0.29, 0.717) is 4.90 Å². The number of nitrogens with zero attached hydrogens (tertiary/aromatic N) is 1.